The van der Waals surface area contributed by atoms with E-state index in [0.717, 1.165) is 12.1 Å². The van der Waals surface area contributed by atoms with E-state index >= 15 is 0 Å². The highest BCUT2D eigenvalue weighted by molar-refractivity contribution is 7.87. The molecular weight excluding hydrogens is 1450 g/mol. The van der Waals surface area contributed by atoms with Gasteiger partial charge in [-0.1, -0.05) is 23.8 Å². The minimum Gasteiger partial charge on any atom is -0.382 e. The topological polar surface area (TPSA) is 434 Å². The number of ether oxygens (including phenoxy) is 10. The number of amides is 2. The molecule has 0 spiro atoms. The van der Waals surface area contributed by atoms with Gasteiger partial charge in [-0.25, -0.2) is 4.79 Å². The van der Waals surface area contributed by atoms with Crippen molar-refractivity contribution in [2.45, 2.75) is 96.1 Å². The van der Waals surface area contributed by atoms with E-state index in [0.29, 0.717) is 104 Å². The maximum absolute atomic E-state index is 13.3. The number of benzene rings is 4. The summed E-state index contributed by atoms with van der Waals surface area (Å²) in [7, 11) is -22.3. The second-order valence-electron chi connectivity index (χ2n) is 24.2. The lowest BCUT2D eigenvalue weighted by atomic mass is 9.74. The van der Waals surface area contributed by atoms with Crippen LogP contribution in [-0.2, 0) is 128 Å². The summed E-state index contributed by atoms with van der Waals surface area (Å²) in [5, 5.41) is -0.00304. The molecule has 3 heterocycles. The summed E-state index contributed by atoms with van der Waals surface area (Å²) in [6, 6.07) is 9.05. The average molecular weight is 1540 g/mol. The van der Waals surface area contributed by atoms with E-state index in [1.165, 1.54) is 31.4 Å². The maximum Gasteiger partial charge on any atom is 0.333 e. The van der Waals surface area contributed by atoms with Crippen LogP contribution >= 0.6 is 0 Å². The molecule has 2 unspecified atom stereocenters. The molecule has 102 heavy (non-hydrogen) atoms. The first-order chi connectivity index (χ1) is 48.2. The highest BCUT2D eigenvalue weighted by Crippen LogP contribution is 2.54. The first kappa shape index (κ1) is 83.1. The Bertz CT molecular complexity index is 4370. The molecule has 3 aliphatic rings. The highest BCUT2D eigenvalue weighted by atomic mass is 32.2. The van der Waals surface area contributed by atoms with E-state index in [-0.39, 0.29) is 151 Å². The summed E-state index contributed by atoms with van der Waals surface area (Å²) >= 11 is 0. The van der Waals surface area contributed by atoms with E-state index in [9.17, 15) is 79.2 Å². The third-order valence-electron chi connectivity index (χ3n) is 17.0. The van der Waals surface area contributed by atoms with Crippen molar-refractivity contribution >= 4 is 107 Å². The number of nitrogens with zero attached hydrogens (tertiary/aromatic N) is 3. The maximum atomic E-state index is 13.3. The van der Waals surface area contributed by atoms with Crippen molar-refractivity contribution in [3.05, 3.63) is 95.2 Å². The van der Waals surface area contributed by atoms with Crippen LogP contribution < -0.4 is 4.90 Å². The first-order valence-corrected chi connectivity index (χ1v) is 39.8. The third kappa shape index (κ3) is 22.4. The van der Waals surface area contributed by atoms with Crippen molar-refractivity contribution in [3.63, 3.8) is 0 Å². The third-order valence-corrected chi connectivity index (χ3v) is 21.3. The number of rotatable bonds is 46. The second kappa shape index (κ2) is 37.2. The van der Waals surface area contributed by atoms with E-state index in [1.54, 1.807) is 61.7 Å². The summed E-state index contributed by atoms with van der Waals surface area (Å²) < 4.78 is 238. The molecular formula is C65H88N3O29S5+. The number of hydrogen-bond donors (Lipinski definition) is 5. The van der Waals surface area contributed by atoms with Crippen LogP contribution in [-0.4, -0.2) is 250 Å². The average Bonchev–Trinajstić information content (AvgIpc) is 1.52. The molecule has 0 bridgehead atoms. The lowest BCUT2D eigenvalue weighted by Gasteiger charge is -2.31. The van der Waals surface area contributed by atoms with E-state index in [4.69, 9.17) is 52.2 Å². The Morgan fingerprint density at radius 1 is 0.539 bits per heavy atom. The van der Waals surface area contributed by atoms with Crippen LogP contribution in [0.1, 0.15) is 76.8 Å². The standard InChI is InChI=1S/C65H87N3O29S5/c1-46(9-15-57-64(2,19-7-41-98(72,73)74)62-51-42-47(99(75,76)77)44-55(101(81,82)83)49(51)12-14-54(62)67(57)22-24-90-30-32-94-37-38-96-40-39-95-36-34-92-28-26-88-5)10-16-58-65(3,20-23-89-29-31-93-35-33-91-27-25-87-4)63-52-43-48(100(78,79)80)45-56(102(84,85)86)50(52)11-13-53(63)66(58)21-6-8-61(71)97-68-59(69)17-18-60(68)70/h9-16,42-45H,6-8,17-41H2,1-5H3,(H4-,72,73,74,75,76,77,78,79,80,81,82,83,84,85,86)/p+1. The summed E-state index contributed by atoms with van der Waals surface area (Å²) in [5.74, 6) is -3.09. The Kier molecular flexibility index (Phi) is 30.3. The monoisotopic (exact) mass is 1530 g/mol. The Hall–Kier alpha value is -6.15. The van der Waals surface area contributed by atoms with Crippen molar-refractivity contribution in [1.29, 1.82) is 0 Å². The number of anilines is 1. The second-order valence-corrected chi connectivity index (χ2v) is 31.4. The van der Waals surface area contributed by atoms with Crippen molar-refractivity contribution < 1.29 is 136 Å². The number of imide groups is 1. The van der Waals surface area contributed by atoms with Gasteiger partial charge in [-0.05, 0) is 105 Å². The number of methoxy groups -OCH3 is 2. The lowest BCUT2D eigenvalue weighted by molar-refractivity contribution is -0.442. The van der Waals surface area contributed by atoms with E-state index in [2.05, 4.69) is 0 Å². The molecule has 32 nitrogen and oxygen atoms in total. The fraction of sp³-hybridized carbons (Fsp3) is 0.538. The Labute approximate surface area is 593 Å². The van der Waals surface area contributed by atoms with Gasteiger partial charge in [-0.15, -0.1) is 5.06 Å². The smallest absolute Gasteiger partial charge is 0.333 e. The number of hydrogen-bond acceptors (Lipinski definition) is 25. The zero-order valence-corrected chi connectivity index (χ0v) is 61.2. The highest BCUT2D eigenvalue weighted by Gasteiger charge is 2.50. The number of carbonyl (C=O) groups excluding carboxylic acids is 3. The zero-order valence-electron chi connectivity index (χ0n) is 57.1. The predicted octanol–water partition coefficient (Wildman–Crippen LogP) is 5.37. The van der Waals surface area contributed by atoms with Gasteiger partial charge in [-0.2, -0.15) is 46.7 Å². The molecule has 566 valence electrons. The lowest BCUT2D eigenvalue weighted by Crippen LogP contribution is -2.33. The van der Waals surface area contributed by atoms with Crippen molar-refractivity contribution in [2.24, 2.45) is 0 Å². The number of allylic oxidation sites excluding steroid dienone is 6. The summed E-state index contributed by atoms with van der Waals surface area (Å²) in [6.07, 6.45) is 5.71. The molecule has 2 amide bonds. The van der Waals surface area contributed by atoms with Gasteiger partial charge in [0.05, 0.1) is 127 Å². The minimum atomic E-state index is -5.22. The van der Waals surface area contributed by atoms with Gasteiger partial charge in [0.25, 0.3) is 62.4 Å². The van der Waals surface area contributed by atoms with E-state index in [1.807, 2.05) is 0 Å². The van der Waals surface area contributed by atoms with Crippen LogP contribution in [0.3, 0.4) is 0 Å². The number of fused-ring (bicyclic) bond motifs is 6. The SMILES string of the molecule is COCCOCCOCCOCCOCCOCC[N+]1=C(/C=C/C(C)=C/C=C2/N(CCCC(=O)ON3C(=O)CCC3=O)c3ccc4c(S(=O)(=O)O)cc(S(=O)(=O)O)cc4c3C2(C)CCOCCOCCOCCOC)C(C)(CCCS(=O)(=O)O)c2c1ccc1c(S(=O)(=O)O)cc(S(=O)(=O)O)cc21. The zero-order chi connectivity index (χ0) is 74.7. The van der Waals surface area contributed by atoms with E-state index < -0.39 is 105 Å². The summed E-state index contributed by atoms with van der Waals surface area (Å²) in [6.45, 7) is 9.58. The van der Waals surface area contributed by atoms with Gasteiger partial charge in [0, 0.05) is 91.9 Å². The molecule has 1 saturated heterocycles. The molecule has 5 N–H and O–H groups in total. The molecule has 2 atom stereocenters. The Morgan fingerprint density at radius 3 is 1.45 bits per heavy atom. The molecule has 37 heteroatoms. The molecule has 0 saturated carbocycles. The largest absolute Gasteiger partial charge is 0.382 e. The van der Waals surface area contributed by atoms with Crippen LogP contribution in [0.15, 0.2) is 104 Å². The van der Waals surface area contributed by atoms with Gasteiger partial charge in [-0.3, -0.25) is 32.4 Å². The normalized spacial score (nSPS) is 18.2. The van der Waals surface area contributed by atoms with Gasteiger partial charge >= 0.3 is 5.97 Å². The van der Waals surface area contributed by atoms with Crippen molar-refractivity contribution in [1.82, 2.24) is 5.06 Å². The van der Waals surface area contributed by atoms with Crippen LogP contribution in [0.5, 0.6) is 0 Å². The number of hydroxylamine groups is 2. The fourth-order valence-electron chi connectivity index (χ4n) is 12.2. The number of carbonyl (C=O) groups is 3. The predicted molar refractivity (Wildman–Crippen MR) is 367 cm³/mol. The van der Waals surface area contributed by atoms with Crippen molar-refractivity contribution in [3.8, 4) is 0 Å². The van der Waals surface area contributed by atoms with Gasteiger partial charge in [0.2, 0.25) is 5.69 Å². The quantitative estimate of drug-likeness (QED) is 0.0122. The summed E-state index contributed by atoms with van der Waals surface area (Å²) in [5.41, 5.74) is -0.290. The minimum absolute atomic E-state index is 0.0150. The first-order valence-electron chi connectivity index (χ1n) is 32.4. The Morgan fingerprint density at radius 2 is 0.990 bits per heavy atom. The molecule has 4 aromatic rings. The molecule has 4 aromatic carbocycles. The molecule has 7 rings (SSSR count). The van der Waals surface area contributed by atoms with Crippen LogP contribution in [0.2, 0.25) is 0 Å². The molecule has 0 aromatic heterocycles. The molecule has 1 fully saturated rings. The van der Waals surface area contributed by atoms with Gasteiger partial charge in [0.1, 0.15) is 16.4 Å². The Balaban J connectivity index is 1.31. The molecule has 3 aliphatic heterocycles. The van der Waals surface area contributed by atoms with Crippen LogP contribution in [0.4, 0.5) is 11.4 Å². The molecule has 0 radical (unpaired) electrons. The van der Waals surface area contributed by atoms with Crippen LogP contribution in [0, 0.1) is 0 Å². The van der Waals surface area contributed by atoms with Crippen molar-refractivity contribution in [2.75, 3.05) is 157 Å². The fourth-order valence-corrected chi connectivity index (χ4v) is 15.4. The summed E-state index contributed by atoms with van der Waals surface area (Å²) in [4.78, 5) is 41.6. The molecule has 0 aliphatic carbocycles. The van der Waals surface area contributed by atoms with Crippen LogP contribution in [0.25, 0.3) is 21.5 Å². The van der Waals surface area contributed by atoms with Gasteiger partial charge < -0.3 is 57.1 Å². The van der Waals surface area contributed by atoms with Gasteiger partial charge in [0.15, 0.2) is 12.3 Å².